The molecule has 0 saturated carbocycles. The molecule has 0 aromatic heterocycles. The lowest BCUT2D eigenvalue weighted by Crippen LogP contribution is -2.34. The van der Waals surface area contributed by atoms with E-state index in [1.54, 1.807) is 12.0 Å². The quantitative estimate of drug-likeness (QED) is 0.857. The lowest BCUT2D eigenvalue weighted by Gasteiger charge is -2.29. The Morgan fingerprint density at radius 1 is 1.37 bits per heavy atom. The van der Waals surface area contributed by atoms with Crippen LogP contribution >= 0.6 is 0 Å². The number of hydrogen-bond donors (Lipinski definition) is 1. The first kappa shape index (κ1) is 15.5. The van der Waals surface area contributed by atoms with Crippen molar-refractivity contribution in [1.82, 2.24) is 4.90 Å². The third-order valence-corrected chi connectivity index (χ3v) is 3.54. The minimum atomic E-state index is -0.0489. The van der Waals surface area contributed by atoms with E-state index >= 15 is 0 Å². The number of hydrogen-bond acceptors (Lipinski definition) is 3. The van der Waals surface area contributed by atoms with Crippen LogP contribution in [0.15, 0.2) is 24.3 Å². The van der Waals surface area contributed by atoms with Crippen molar-refractivity contribution in [1.29, 1.82) is 0 Å². The molecule has 0 aliphatic rings. The number of nitrogens with two attached hydrogens (primary N) is 1. The average molecular weight is 264 g/mol. The van der Waals surface area contributed by atoms with E-state index in [2.05, 4.69) is 0 Å². The number of rotatable bonds is 6. The molecule has 4 nitrogen and oxygen atoms in total. The molecule has 1 aromatic rings. The molecule has 1 amide bonds. The summed E-state index contributed by atoms with van der Waals surface area (Å²) in [5.74, 6) is 0.872. The van der Waals surface area contributed by atoms with E-state index in [0.29, 0.717) is 13.0 Å². The average Bonchev–Trinajstić information content (AvgIpc) is 2.45. The molecule has 0 saturated heterocycles. The molecule has 4 heteroatoms. The summed E-state index contributed by atoms with van der Waals surface area (Å²) in [6.45, 7) is 4.45. The van der Waals surface area contributed by atoms with Gasteiger partial charge in [-0.1, -0.05) is 25.1 Å². The smallest absolute Gasteiger partial charge is 0.225 e. The second kappa shape index (κ2) is 7.14. The standard InChI is InChI=1S/C15H24N2O2/c1-11(9-10-16)15(18)17(3)12(2)13-7-5-6-8-14(13)19-4/h5-8,11-12H,9-10,16H2,1-4H3. The normalized spacial score (nSPS) is 13.7. The van der Waals surface area contributed by atoms with Gasteiger partial charge in [-0.05, 0) is 26.0 Å². The Balaban J connectivity index is 2.87. The van der Waals surface area contributed by atoms with E-state index in [0.717, 1.165) is 11.3 Å². The largest absolute Gasteiger partial charge is 0.496 e. The lowest BCUT2D eigenvalue weighted by molar-refractivity contribution is -0.135. The predicted octanol–water partition coefficient (Wildman–Crippen LogP) is 2.20. The molecule has 0 spiro atoms. The fraction of sp³-hybridized carbons (Fsp3) is 0.533. The second-order valence-electron chi connectivity index (χ2n) is 4.85. The number of amides is 1. The zero-order valence-corrected chi connectivity index (χ0v) is 12.2. The molecule has 2 unspecified atom stereocenters. The summed E-state index contributed by atoms with van der Waals surface area (Å²) in [5, 5.41) is 0. The van der Waals surface area contributed by atoms with Gasteiger partial charge in [-0.15, -0.1) is 0 Å². The zero-order valence-electron chi connectivity index (χ0n) is 12.2. The molecule has 0 radical (unpaired) electrons. The molecule has 0 aliphatic carbocycles. The summed E-state index contributed by atoms with van der Waals surface area (Å²) in [7, 11) is 3.47. The van der Waals surface area contributed by atoms with Gasteiger partial charge in [0, 0.05) is 18.5 Å². The van der Waals surface area contributed by atoms with Gasteiger partial charge in [0.25, 0.3) is 0 Å². The first-order chi connectivity index (χ1) is 9.02. The van der Waals surface area contributed by atoms with Crippen molar-refractivity contribution in [2.75, 3.05) is 20.7 Å². The van der Waals surface area contributed by atoms with Crippen LogP contribution in [0.3, 0.4) is 0 Å². The molecular weight excluding hydrogens is 240 g/mol. The fourth-order valence-electron chi connectivity index (χ4n) is 2.13. The number of methoxy groups -OCH3 is 1. The Bertz CT molecular complexity index is 420. The Morgan fingerprint density at radius 3 is 2.58 bits per heavy atom. The number of para-hydroxylation sites is 1. The molecule has 1 aromatic carbocycles. The van der Waals surface area contributed by atoms with E-state index < -0.39 is 0 Å². The molecule has 2 N–H and O–H groups in total. The molecule has 0 fully saturated rings. The summed E-state index contributed by atoms with van der Waals surface area (Å²) >= 11 is 0. The van der Waals surface area contributed by atoms with Crippen molar-refractivity contribution in [3.8, 4) is 5.75 Å². The molecular formula is C15H24N2O2. The Kier molecular flexibility index (Phi) is 5.83. The monoisotopic (exact) mass is 264 g/mol. The highest BCUT2D eigenvalue weighted by atomic mass is 16.5. The van der Waals surface area contributed by atoms with Gasteiger partial charge in [0.1, 0.15) is 5.75 Å². The maximum atomic E-state index is 12.3. The van der Waals surface area contributed by atoms with E-state index in [9.17, 15) is 4.79 Å². The Labute approximate surface area is 115 Å². The summed E-state index contributed by atoms with van der Waals surface area (Å²) in [5.41, 5.74) is 6.52. The summed E-state index contributed by atoms with van der Waals surface area (Å²) in [4.78, 5) is 14.0. The Morgan fingerprint density at radius 2 is 2.00 bits per heavy atom. The van der Waals surface area contributed by atoms with Crippen LogP contribution in [-0.2, 0) is 4.79 Å². The number of carbonyl (C=O) groups is 1. The van der Waals surface area contributed by atoms with Crippen molar-refractivity contribution < 1.29 is 9.53 Å². The summed E-state index contributed by atoms with van der Waals surface area (Å²) in [6, 6.07) is 7.75. The highest BCUT2D eigenvalue weighted by Gasteiger charge is 2.23. The van der Waals surface area contributed by atoms with Crippen LogP contribution in [0.4, 0.5) is 0 Å². The summed E-state index contributed by atoms with van der Waals surface area (Å²) in [6.07, 6.45) is 0.710. The maximum absolute atomic E-state index is 12.3. The maximum Gasteiger partial charge on any atom is 0.225 e. The van der Waals surface area contributed by atoms with Crippen LogP contribution in [0.25, 0.3) is 0 Å². The molecule has 1 rings (SSSR count). The van der Waals surface area contributed by atoms with Crippen molar-refractivity contribution in [3.63, 3.8) is 0 Å². The summed E-state index contributed by atoms with van der Waals surface area (Å²) < 4.78 is 5.35. The first-order valence-corrected chi connectivity index (χ1v) is 6.62. The fourth-order valence-corrected chi connectivity index (χ4v) is 2.13. The van der Waals surface area contributed by atoms with Gasteiger partial charge in [-0.3, -0.25) is 4.79 Å². The van der Waals surface area contributed by atoms with E-state index in [1.165, 1.54) is 0 Å². The molecule has 106 valence electrons. The zero-order chi connectivity index (χ0) is 14.4. The number of benzene rings is 1. The minimum absolute atomic E-state index is 0.0242. The van der Waals surface area contributed by atoms with E-state index in [-0.39, 0.29) is 17.9 Å². The van der Waals surface area contributed by atoms with Crippen LogP contribution in [0.1, 0.15) is 31.9 Å². The SMILES string of the molecule is COc1ccccc1C(C)N(C)C(=O)C(C)CCN. The Hall–Kier alpha value is -1.55. The molecule has 2 atom stereocenters. The number of nitrogens with zero attached hydrogens (tertiary/aromatic N) is 1. The van der Waals surface area contributed by atoms with Crippen molar-refractivity contribution in [2.24, 2.45) is 11.7 Å². The minimum Gasteiger partial charge on any atom is -0.496 e. The third kappa shape index (κ3) is 3.70. The van der Waals surface area contributed by atoms with Gasteiger partial charge in [0.15, 0.2) is 0 Å². The highest BCUT2D eigenvalue weighted by molar-refractivity contribution is 5.78. The van der Waals surface area contributed by atoms with Gasteiger partial charge >= 0.3 is 0 Å². The van der Waals surface area contributed by atoms with Crippen molar-refractivity contribution in [3.05, 3.63) is 29.8 Å². The topological polar surface area (TPSA) is 55.6 Å². The lowest BCUT2D eigenvalue weighted by atomic mass is 10.0. The van der Waals surface area contributed by atoms with Crippen LogP contribution < -0.4 is 10.5 Å². The van der Waals surface area contributed by atoms with Crippen LogP contribution in [0.2, 0.25) is 0 Å². The van der Waals surface area contributed by atoms with Crippen LogP contribution in [-0.4, -0.2) is 31.5 Å². The van der Waals surface area contributed by atoms with Gasteiger partial charge in [0.2, 0.25) is 5.91 Å². The van der Waals surface area contributed by atoms with Gasteiger partial charge < -0.3 is 15.4 Å². The predicted molar refractivity (Wildman–Crippen MR) is 77.0 cm³/mol. The van der Waals surface area contributed by atoms with E-state index in [4.69, 9.17) is 10.5 Å². The van der Waals surface area contributed by atoms with Crippen LogP contribution in [0.5, 0.6) is 5.75 Å². The number of ether oxygens (including phenoxy) is 1. The molecule has 0 bridgehead atoms. The van der Waals surface area contributed by atoms with Gasteiger partial charge in [-0.25, -0.2) is 0 Å². The van der Waals surface area contributed by atoms with E-state index in [1.807, 2.05) is 45.2 Å². The first-order valence-electron chi connectivity index (χ1n) is 6.62. The van der Waals surface area contributed by atoms with Crippen molar-refractivity contribution >= 4 is 5.91 Å². The third-order valence-electron chi connectivity index (χ3n) is 3.54. The molecule has 19 heavy (non-hydrogen) atoms. The highest BCUT2D eigenvalue weighted by Crippen LogP contribution is 2.29. The second-order valence-corrected chi connectivity index (χ2v) is 4.85. The van der Waals surface area contributed by atoms with Gasteiger partial charge in [-0.2, -0.15) is 0 Å². The molecule has 0 heterocycles. The molecule has 0 aliphatic heterocycles. The van der Waals surface area contributed by atoms with Crippen molar-refractivity contribution in [2.45, 2.75) is 26.3 Å². The van der Waals surface area contributed by atoms with Gasteiger partial charge in [0.05, 0.1) is 13.2 Å². The van der Waals surface area contributed by atoms with Crippen LogP contribution in [0, 0.1) is 5.92 Å². The number of carbonyl (C=O) groups excluding carboxylic acids is 1.